The molecule has 1 atom stereocenters. The van der Waals surface area contributed by atoms with E-state index < -0.39 is 0 Å². The van der Waals surface area contributed by atoms with Gasteiger partial charge < -0.3 is 16.0 Å². The molecule has 2 amide bonds. The van der Waals surface area contributed by atoms with Crippen molar-refractivity contribution in [3.8, 4) is 0 Å². The zero-order valence-corrected chi connectivity index (χ0v) is 10.2. The van der Waals surface area contributed by atoms with E-state index in [2.05, 4.69) is 16.0 Å². The van der Waals surface area contributed by atoms with Gasteiger partial charge in [0.2, 0.25) is 11.8 Å². The second-order valence-corrected chi connectivity index (χ2v) is 5.21. The molecule has 1 aliphatic rings. The standard InChI is InChI=1S/C11H21N3O2/c1-11(2,3)13-7-10(16)12-6-8-4-5-9(15)14-8/h8,13H,4-7H2,1-3H3,(H,12,16)(H,14,15). The van der Waals surface area contributed by atoms with Gasteiger partial charge in [0, 0.05) is 24.5 Å². The largest absolute Gasteiger partial charge is 0.353 e. The summed E-state index contributed by atoms with van der Waals surface area (Å²) in [6.07, 6.45) is 1.38. The normalized spacial score (nSPS) is 20.7. The topological polar surface area (TPSA) is 70.2 Å². The lowest BCUT2D eigenvalue weighted by Gasteiger charge is -2.20. The molecule has 1 rings (SSSR count). The van der Waals surface area contributed by atoms with E-state index in [-0.39, 0.29) is 23.4 Å². The van der Waals surface area contributed by atoms with Gasteiger partial charge in [-0.3, -0.25) is 9.59 Å². The highest BCUT2D eigenvalue weighted by molar-refractivity contribution is 5.80. The molecule has 1 saturated heterocycles. The van der Waals surface area contributed by atoms with E-state index in [1.165, 1.54) is 0 Å². The Morgan fingerprint density at radius 2 is 2.19 bits per heavy atom. The van der Waals surface area contributed by atoms with Gasteiger partial charge in [-0.1, -0.05) is 0 Å². The number of hydrogen-bond acceptors (Lipinski definition) is 3. The molecule has 1 fully saturated rings. The second kappa shape index (κ2) is 5.30. The van der Waals surface area contributed by atoms with Crippen LogP contribution in [0, 0.1) is 0 Å². The van der Waals surface area contributed by atoms with Crippen molar-refractivity contribution in [3.63, 3.8) is 0 Å². The molecule has 0 aliphatic carbocycles. The number of rotatable bonds is 4. The Balaban J connectivity index is 2.13. The summed E-state index contributed by atoms with van der Waals surface area (Å²) in [6, 6.07) is 0.103. The van der Waals surface area contributed by atoms with E-state index >= 15 is 0 Å². The quantitative estimate of drug-likeness (QED) is 0.621. The minimum Gasteiger partial charge on any atom is -0.353 e. The molecule has 0 bridgehead atoms. The molecule has 0 saturated carbocycles. The van der Waals surface area contributed by atoms with Gasteiger partial charge in [0.15, 0.2) is 0 Å². The van der Waals surface area contributed by atoms with Crippen molar-refractivity contribution in [2.45, 2.75) is 45.2 Å². The summed E-state index contributed by atoms with van der Waals surface area (Å²) >= 11 is 0. The maximum Gasteiger partial charge on any atom is 0.234 e. The Kier molecular flexibility index (Phi) is 4.29. The minimum atomic E-state index is -0.0566. The third-order valence-corrected chi connectivity index (χ3v) is 2.41. The summed E-state index contributed by atoms with van der Waals surface area (Å²) in [7, 11) is 0. The van der Waals surface area contributed by atoms with Crippen LogP contribution in [0.1, 0.15) is 33.6 Å². The minimum absolute atomic E-state index is 0.0314. The van der Waals surface area contributed by atoms with Crippen LogP contribution in [0.15, 0.2) is 0 Å². The van der Waals surface area contributed by atoms with E-state index in [1.807, 2.05) is 20.8 Å². The molecule has 0 aromatic rings. The van der Waals surface area contributed by atoms with Crippen LogP contribution in [0.4, 0.5) is 0 Å². The SMILES string of the molecule is CC(C)(C)NCC(=O)NCC1CCC(=O)N1. The summed E-state index contributed by atoms with van der Waals surface area (Å²) < 4.78 is 0. The zero-order valence-electron chi connectivity index (χ0n) is 10.2. The Hall–Kier alpha value is -1.10. The molecule has 5 nitrogen and oxygen atoms in total. The van der Waals surface area contributed by atoms with Crippen LogP contribution < -0.4 is 16.0 Å². The number of carbonyl (C=O) groups is 2. The Bertz CT molecular complexity index is 271. The van der Waals surface area contributed by atoms with Crippen molar-refractivity contribution in [1.82, 2.24) is 16.0 Å². The lowest BCUT2D eigenvalue weighted by atomic mass is 10.1. The van der Waals surface area contributed by atoms with Crippen molar-refractivity contribution in [3.05, 3.63) is 0 Å². The first-order valence-corrected chi connectivity index (χ1v) is 5.68. The molecule has 0 spiro atoms. The van der Waals surface area contributed by atoms with Gasteiger partial charge in [-0.25, -0.2) is 0 Å². The number of hydrogen-bond donors (Lipinski definition) is 3. The molecule has 0 aromatic heterocycles. The molecule has 92 valence electrons. The van der Waals surface area contributed by atoms with Gasteiger partial charge in [-0.15, -0.1) is 0 Å². The van der Waals surface area contributed by atoms with E-state index in [9.17, 15) is 9.59 Å². The Morgan fingerprint density at radius 1 is 1.50 bits per heavy atom. The van der Waals surface area contributed by atoms with Crippen molar-refractivity contribution in [1.29, 1.82) is 0 Å². The Labute approximate surface area is 96.4 Å². The molecule has 0 radical (unpaired) electrons. The predicted octanol–water partition coefficient (Wildman–Crippen LogP) is -0.231. The second-order valence-electron chi connectivity index (χ2n) is 5.21. The molecule has 3 N–H and O–H groups in total. The molecule has 5 heteroatoms. The van der Waals surface area contributed by atoms with Gasteiger partial charge in [0.25, 0.3) is 0 Å². The Morgan fingerprint density at radius 3 is 2.69 bits per heavy atom. The monoisotopic (exact) mass is 227 g/mol. The first-order valence-electron chi connectivity index (χ1n) is 5.68. The van der Waals surface area contributed by atoms with E-state index in [0.29, 0.717) is 19.5 Å². The number of nitrogens with one attached hydrogen (secondary N) is 3. The van der Waals surface area contributed by atoms with Crippen molar-refractivity contribution in [2.24, 2.45) is 0 Å². The lowest BCUT2D eigenvalue weighted by Crippen LogP contribution is -2.46. The van der Waals surface area contributed by atoms with Gasteiger partial charge >= 0.3 is 0 Å². The zero-order chi connectivity index (χ0) is 12.2. The maximum absolute atomic E-state index is 11.4. The van der Waals surface area contributed by atoms with E-state index in [1.54, 1.807) is 0 Å². The summed E-state index contributed by atoms with van der Waals surface area (Å²) in [5.74, 6) is 0.0446. The fraction of sp³-hybridized carbons (Fsp3) is 0.818. The average Bonchev–Trinajstić information content (AvgIpc) is 2.57. The van der Waals surface area contributed by atoms with Crippen LogP contribution in [0.2, 0.25) is 0 Å². The summed E-state index contributed by atoms with van der Waals surface area (Å²) in [5, 5.41) is 8.72. The third kappa shape index (κ3) is 5.11. The smallest absolute Gasteiger partial charge is 0.234 e. The molecular formula is C11H21N3O2. The van der Waals surface area contributed by atoms with Crippen LogP contribution >= 0.6 is 0 Å². The maximum atomic E-state index is 11.4. The fourth-order valence-corrected chi connectivity index (χ4v) is 1.48. The summed E-state index contributed by atoms with van der Waals surface area (Å²) in [6.45, 7) is 6.87. The molecule has 1 aliphatic heterocycles. The molecule has 16 heavy (non-hydrogen) atoms. The molecule has 1 heterocycles. The average molecular weight is 227 g/mol. The first kappa shape index (κ1) is 13.0. The van der Waals surface area contributed by atoms with Gasteiger partial charge in [0.05, 0.1) is 6.54 Å². The molecule has 0 aromatic carbocycles. The van der Waals surface area contributed by atoms with Gasteiger partial charge in [0.1, 0.15) is 0 Å². The number of amides is 2. The molecular weight excluding hydrogens is 206 g/mol. The fourth-order valence-electron chi connectivity index (χ4n) is 1.48. The number of carbonyl (C=O) groups excluding carboxylic acids is 2. The first-order chi connectivity index (χ1) is 7.37. The van der Waals surface area contributed by atoms with Gasteiger partial charge in [-0.2, -0.15) is 0 Å². The summed E-state index contributed by atoms with van der Waals surface area (Å²) in [5.41, 5.74) is -0.0566. The third-order valence-electron chi connectivity index (χ3n) is 2.41. The summed E-state index contributed by atoms with van der Waals surface area (Å²) in [4.78, 5) is 22.4. The van der Waals surface area contributed by atoms with Crippen LogP contribution in [0.5, 0.6) is 0 Å². The van der Waals surface area contributed by atoms with Crippen LogP contribution in [0.3, 0.4) is 0 Å². The highest BCUT2D eigenvalue weighted by atomic mass is 16.2. The van der Waals surface area contributed by atoms with Crippen LogP contribution in [-0.4, -0.2) is 36.5 Å². The van der Waals surface area contributed by atoms with E-state index in [0.717, 1.165) is 6.42 Å². The highest BCUT2D eigenvalue weighted by Crippen LogP contribution is 2.04. The predicted molar refractivity (Wildman–Crippen MR) is 61.9 cm³/mol. The van der Waals surface area contributed by atoms with Crippen molar-refractivity contribution in [2.75, 3.05) is 13.1 Å². The van der Waals surface area contributed by atoms with Crippen molar-refractivity contribution >= 4 is 11.8 Å². The molecule has 1 unspecified atom stereocenters. The van der Waals surface area contributed by atoms with Crippen LogP contribution in [-0.2, 0) is 9.59 Å². The van der Waals surface area contributed by atoms with Crippen LogP contribution in [0.25, 0.3) is 0 Å². The highest BCUT2D eigenvalue weighted by Gasteiger charge is 2.21. The van der Waals surface area contributed by atoms with E-state index in [4.69, 9.17) is 0 Å². The lowest BCUT2D eigenvalue weighted by molar-refractivity contribution is -0.121. The van der Waals surface area contributed by atoms with Gasteiger partial charge in [-0.05, 0) is 27.2 Å². The van der Waals surface area contributed by atoms with Crippen molar-refractivity contribution < 1.29 is 9.59 Å².